The van der Waals surface area contributed by atoms with E-state index in [0.717, 1.165) is 38.5 Å². The zero-order valence-corrected chi connectivity index (χ0v) is 46.1. The second kappa shape index (κ2) is 58.2. The average Bonchev–Trinajstić information content (AvgIpc) is 3.34. The summed E-state index contributed by atoms with van der Waals surface area (Å²) in [7, 11) is 0. The quantitative estimate of drug-likeness (QED) is 0.0321. The molecule has 0 saturated heterocycles. The average molecular weight is 961 g/mol. The van der Waals surface area contributed by atoms with Crippen molar-refractivity contribution in [1.82, 2.24) is 5.32 Å². The highest BCUT2D eigenvalue weighted by Gasteiger charge is 2.18. The molecule has 0 spiro atoms. The standard InChI is InChI=1S/C62H121NO5/c1-3-5-7-9-11-13-14-36-40-44-48-52-56-62(67)68-57-53-49-45-41-37-34-32-30-28-26-24-22-20-18-16-15-17-19-21-23-25-27-29-31-33-35-39-43-47-51-55-61(66)63-59(58-64)60(65)54-50-46-42-38-12-10-8-6-4-2/h50,54,59-60,64-65H,3-49,51-53,55-58H2,1-2H3,(H,63,66)/b54-50+. The Kier molecular flexibility index (Phi) is 57.0. The molecule has 0 aromatic rings. The van der Waals surface area contributed by atoms with Gasteiger partial charge in [0, 0.05) is 12.8 Å². The van der Waals surface area contributed by atoms with Gasteiger partial charge in [-0.3, -0.25) is 9.59 Å². The van der Waals surface area contributed by atoms with Crippen LogP contribution in [0.2, 0.25) is 0 Å². The van der Waals surface area contributed by atoms with Gasteiger partial charge in [-0.05, 0) is 32.1 Å². The van der Waals surface area contributed by atoms with Gasteiger partial charge in [-0.15, -0.1) is 0 Å². The van der Waals surface area contributed by atoms with E-state index in [2.05, 4.69) is 19.2 Å². The summed E-state index contributed by atoms with van der Waals surface area (Å²) in [4.78, 5) is 24.4. The number of nitrogens with one attached hydrogen (secondary N) is 1. The maximum Gasteiger partial charge on any atom is 0.305 e. The number of allylic oxidation sites excluding steroid dienone is 1. The Hall–Kier alpha value is -1.40. The lowest BCUT2D eigenvalue weighted by Gasteiger charge is -2.20. The maximum atomic E-state index is 12.4. The number of hydrogen-bond acceptors (Lipinski definition) is 5. The fraction of sp³-hybridized carbons (Fsp3) is 0.935. The van der Waals surface area contributed by atoms with Crippen LogP contribution in [0, 0.1) is 0 Å². The van der Waals surface area contributed by atoms with Crippen molar-refractivity contribution >= 4 is 11.9 Å². The number of esters is 1. The number of hydrogen-bond donors (Lipinski definition) is 3. The third-order valence-corrected chi connectivity index (χ3v) is 14.6. The lowest BCUT2D eigenvalue weighted by Crippen LogP contribution is -2.45. The topological polar surface area (TPSA) is 95.9 Å². The van der Waals surface area contributed by atoms with Gasteiger partial charge in [0.15, 0.2) is 0 Å². The summed E-state index contributed by atoms with van der Waals surface area (Å²) in [6, 6.07) is -0.621. The first-order chi connectivity index (χ1) is 33.5. The van der Waals surface area contributed by atoms with Crippen molar-refractivity contribution in [2.24, 2.45) is 0 Å². The molecule has 0 aliphatic heterocycles. The first-order valence-corrected chi connectivity index (χ1v) is 31.0. The molecule has 2 unspecified atom stereocenters. The first-order valence-electron chi connectivity index (χ1n) is 31.0. The van der Waals surface area contributed by atoms with Crippen LogP contribution < -0.4 is 5.32 Å². The predicted molar refractivity (Wildman–Crippen MR) is 297 cm³/mol. The van der Waals surface area contributed by atoms with E-state index in [9.17, 15) is 19.8 Å². The molecule has 0 aromatic carbocycles. The van der Waals surface area contributed by atoms with E-state index in [0.29, 0.717) is 19.4 Å². The van der Waals surface area contributed by atoms with Crippen molar-refractivity contribution in [3.05, 3.63) is 12.2 Å². The van der Waals surface area contributed by atoms with Gasteiger partial charge in [-0.25, -0.2) is 0 Å². The maximum absolute atomic E-state index is 12.4. The Balaban J connectivity index is 3.30. The highest BCUT2D eigenvalue weighted by atomic mass is 16.5. The fourth-order valence-electron chi connectivity index (χ4n) is 9.81. The Morgan fingerprint density at radius 2 is 0.676 bits per heavy atom. The minimum absolute atomic E-state index is 0.0208. The molecule has 6 nitrogen and oxygen atoms in total. The smallest absolute Gasteiger partial charge is 0.305 e. The molecule has 1 amide bonds. The molecular formula is C62H121NO5. The molecule has 0 radical (unpaired) electrons. The van der Waals surface area contributed by atoms with Crippen molar-refractivity contribution in [3.63, 3.8) is 0 Å². The second-order valence-corrected chi connectivity index (χ2v) is 21.4. The third-order valence-electron chi connectivity index (χ3n) is 14.6. The van der Waals surface area contributed by atoms with E-state index < -0.39 is 12.1 Å². The first kappa shape index (κ1) is 66.6. The second-order valence-electron chi connectivity index (χ2n) is 21.4. The van der Waals surface area contributed by atoms with Crippen LogP contribution in [0.4, 0.5) is 0 Å². The van der Waals surface area contributed by atoms with E-state index in [-0.39, 0.29) is 18.5 Å². The van der Waals surface area contributed by atoms with E-state index in [1.54, 1.807) is 6.08 Å². The largest absolute Gasteiger partial charge is 0.466 e. The molecule has 3 N–H and O–H groups in total. The lowest BCUT2D eigenvalue weighted by molar-refractivity contribution is -0.143. The van der Waals surface area contributed by atoms with Gasteiger partial charge in [-0.2, -0.15) is 0 Å². The van der Waals surface area contributed by atoms with E-state index in [1.165, 1.54) is 283 Å². The van der Waals surface area contributed by atoms with Crippen LogP contribution in [0.3, 0.4) is 0 Å². The van der Waals surface area contributed by atoms with Gasteiger partial charge in [0.05, 0.1) is 25.4 Å². The van der Waals surface area contributed by atoms with Gasteiger partial charge >= 0.3 is 5.97 Å². The normalized spacial score (nSPS) is 12.6. The van der Waals surface area contributed by atoms with Crippen LogP contribution in [0.1, 0.15) is 348 Å². The highest BCUT2D eigenvalue weighted by Crippen LogP contribution is 2.18. The van der Waals surface area contributed by atoms with Gasteiger partial charge in [0.1, 0.15) is 0 Å². The number of carbonyl (C=O) groups excluding carboxylic acids is 2. The van der Waals surface area contributed by atoms with E-state index in [1.807, 2.05) is 6.08 Å². The number of ether oxygens (including phenoxy) is 1. The van der Waals surface area contributed by atoms with Crippen LogP contribution >= 0.6 is 0 Å². The molecule has 0 aliphatic rings. The fourth-order valence-corrected chi connectivity index (χ4v) is 9.81. The molecule has 0 saturated carbocycles. The summed E-state index contributed by atoms with van der Waals surface area (Å²) in [5.41, 5.74) is 0. The Labute approximate surface area is 425 Å². The minimum Gasteiger partial charge on any atom is -0.466 e. The molecule has 404 valence electrons. The Morgan fingerprint density at radius 1 is 0.397 bits per heavy atom. The Bertz CT molecular complexity index is 1020. The number of unbranched alkanes of at least 4 members (excludes halogenated alkanes) is 47. The molecule has 0 aromatic heterocycles. The predicted octanol–water partition coefficient (Wildman–Crippen LogP) is 19.2. The number of aliphatic hydroxyl groups is 2. The molecule has 2 atom stereocenters. The van der Waals surface area contributed by atoms with Crippen LogP contribution in [0.15, 0.2) is 12.2 Å². The van der Waals surface area contributed by atoms with E-state index >= 15 is 0 Å². The lowest BCUT2D eigenvalue weighted by atomic mass is 10.0. The number of rotatable bonds is 58. The zero-order chi connectivity index (χ0) is 49.3. The summed E-state index contributed by atoms with van der Waals surface area (Å²) in [6.07, 6.45) is 69.9. The van der Waals surface area contributed by atoms with Crippen molar-refractivity contribution in [2.75, 3.05) is 13.2 Å². The molecule has 0 fully saturated rings. The molecule has 0 bridgehead atoms. The van der Waals surface area contributed by atoms with Crippen LogP contribution in [0.25, 0.3) is 0 Å². The van der Waals surface area contributed by atoms with E-state index in [4.69, 9.17) is 4.74 Å². The number of amides is 1. The molecule has 68 heavy (non-hydrogen) atoms. The van der Waals surface area contributed by atoms with Gasteiger partial charge in [0.2, 0.25) is 5.91 Å². The summed E-state index contributed by atoms with van der Waals surface area (Å²) in [5.74, 6) is -0.0447. The monoisotopic (exact) mass is 960 g/mol. The third kappa shape index (κ3) is 53.9. The van der Waals surface area contributed by atoms with Crippen LogP contribution in [-0.4, -0.2) is 47.4 Å². The molecular weight excluding hydrogens is 839 g/mol. The highest BCUT2D eigenvalue weighted by molar-refractivity contribution is 5.76. The Morgan fingerprint density at radius 3 is 1.00 bits per heavy atom. The number of carbonyl (C=O) groups is 2. The summed E-state index contributed by atoms with van der Waals surface area (Å²) < 4.78 is 5.48. The summed E-state index contributed by atoms with van der Waals surface area (Å²) in [6.45, 7) is 4.90. The van der Waals surface area contributed by atoms with Crippen molar-refractivity contribution in [1.29, 1.82) is 0 Å². The van der Waals surface area contributed by atoms with Crippen molar-refractivity contribution in [3.8, 4) is 0 Å². The van der Waals surface area contributed by atoms with Gasteiger partial charge in [0.25, 0.3) is 0 Å². The van der Waals surface area contributed by atoms with Gasteiger partial charge < -0.3 is 20.3 Å². The van der Waals surface area contributed by atoms with Crippen molar-refractivity contribution < 1.29 is 24.5 Å². The molecule has 0 aliphatic carbocycles. The molecule has 6 heteroatoms. The molecule has 0 rings (SSSR count). The summed E-state index contributed by atoms with van der Waals surface area (Å²) >= 11 is 0. The number of aliphatic hydroxyl groups excluding tert-OH is 2. The minimum atomic E-state index is -0.838. The molecule has 0 heterocycles. The van der Waals surface area contributed by atoms with Crippen LogP contribution in [0.5, 0.6) is 0 Å². The van der Waals surface area contributed by atoms with Gasteiger partial charge in [-0.1, -0.05) is 315 Å². The SMILES string of the molecule is CCCCCCCCC/C=C/C(O)C(CO)NC(=O)CCCCCCCCCCCCCCCCCCCCCCCCCCCCCCCCOC(=O)CCCCCCCCCCCCCC. The van der Waals surface area contributed by atoms with Crippen molar-refractivity contribution in [2.45, 2.75) is 360 Å². The van der Waals surface area contributed by atoms with Crippen LogP contribution in [-0.2, 0) is 14.3 Å². The zero-order valence-electron chi connectivity index (χ0n) is 46.1. The summed E-state index contributed by atoms with van der Waals surface area (Å²) in [5, 5.41) is 22.9.